The fraction of sp³-hybridized carbons (Fsp3) is 0.235. The van der Waals surface area contributed by atoms with Crippen molar-refractivity contribution in [2.75, 3.05) is 26.2 Å². The Bertz CT molecular complexity index is 1080. The van der Waals surface area contributed by atoms with Crippen LogP contribution < -0.4 is 0 Å². The molecular formula is C34H36N2. The smallest absolute Gasteiger partial charge is 0.0605 e. The van der Waals surface area contributed by atoms with Crippen LogP contribution in [0.15, 0.2) is 121 Å². The Labute approximate surface area is 217 Å². The predicted octanol–water partition coefficient (Wildman–Crippen LogP) is 6.48. The monoisotopic (exact) mass is 472 g/mol. The van der Waals surface area contributed by atoms with Crippen molar-refractivity contribution in [2.45, 2.75) is 25.9 Å². The zero-order valence-corrected chi connectivity index (χ0v) is 21.1. The minimum absolute atomic E-state index is 0.777. The Balaban J connectivity index is 1.37. The summed E-state index contributed by atoms with van der Waals surface area (Å²) in [6.07, 6.45) is 2.07. The van der Waals surface area contributed by atoms with Crippen molar-refractivity contribution >= 4 is 0 Å². The Kier molecular flexibility index (Phi) is 10.4. The van der Waals surface area contributed by atoms with Gasteiger partial charge in [-0.05, 0) is 35.1 Å². The van der Waals surface area contributed by atoms with Crippen molar-refractivity contribution in [3.05, 3.63) is 144 Å². The highest BCUT2D eigenvalue weighted by Crippen LogP contribution is 2.09. The van der Waals surface area contributed by atoms with Gasteiger partial charge >= 0.3 is 0 Å². The number of nitrogens with zero attached hydrogens (tertiary/aromatic N) is 2. The van der Waals surface area contributed by atoms with Gasteiger partial charge < -0.3 is 0 Å². The third-order valence-corrected chi connectivity index (χ3v) is 6.35. The molecule has 0 bridgehead atoms. The normalized spacial score (nSPS) is 10.8. The van der Waals surface area contributed by atoms with Crippen LogP contribution in [0.1, 0.15) is 22.3 Å². The zero-order chi connectivity index (χ0) is 24.7. The van der Waals surface area contributed by atoms with Gasteiger partial charge in [0.2, 0.25) is 0 Å². The zero-order valence-electron chi connectivity index (χ0n) is 21.1. The summed E-state index contributed by atoms with van der Waals surface area (Å²) in [6, 6.07) is 42.9. The second-order valence-corrected chi connectivity index (χ2v) is 9.22. The van der Waals surface area contributed by atoms with Gasteiger partial charge in [0.15, 0.2) is 0 Å². The molecule has 0 aliphatic rings. The first kappa shape index (κ1) is 25.5. The van der Waals surface area contributed by atoms with E-state index in [2.05, 4.69) is 143 Å². The molecule has 36 heavy (non-hydrogen) atoms. The third kappa shape index (κ3) is 9.19. The van der Waals surface area contributed by atoms with Crippen LogP contribution >= 0.6 is 0 Å². The quantitative estimate of drug-likeness (QED) is 0.218. The molecule has 0 heterocycles. The summed E-state index contributed by atoms with van der Waals surface area (Å²) >= 11 is 0. The van der Waals surface area contributed by atoms with E-state index >= 15 is 0 Å². The molecule has 0 saturated heterocycles. The van der Waals surface area contributed by atoms with E-state index in [0.29, 0.717) is 0 Å². The molecule has 0 aliphatic heterocycles. The largest absolute Gasteiger partial charge is 0.288 e. The van der Waals surface area contributed by atoms with E-state index in [0.717, 1.165) is 52.1 Å². The molecular weight excluding hydrogens is 436 g/mol. The molecule has 0 unspecified atom stereocenters. The van der Waals surface area contributed by atoms with E-state index in [1.165, 1.54) is 22.3 Å². The van der Waals surface area contributed by atoms with Crippen molar-refractivity contribution in [1.82, 2.24) is 9.80 Å². The molecule has 4 aromatic rings. The summed E-state index contributed by atoms with van der Waals surface area (Å²) in [5.74, 6) is 6.98. The lowest BCUT2D eigenvalue weighted by Gasteiger charge is -2.21. The van der Waals surface area contributed by atoms with Crippen LogP contribution in [0.5, 0.6) is 0 Å². The van der Waals surface area contributed by atoms with Crippen molar-refractivity contribution in [1.29, 1.82) is 0 Å². The summed E-state index contributed by atoms with van der Waals surface area (Å²) in [4.78, 5) is 4.92. The first-order valence-electron chi connectivity index (χ1n) is 12.9. The topological polar surface area (TPSA) is 6.48 Å². The van der Waals surface area contributed by atoms with Crippen molar-refractivity contribution in [3.63, 3.8) is 0 Å². The average Bonchev–Trinajstić information content (AvgIpc) is 2.94. The highest BCUT2D eigenvalue weighted by molar-refractivity contribution is 5.19. The average molecular weight is 473 g/mol. The summed E-state index contributed by atoms with van der Waals surface area (Å²) in [6.45, 7) is 5.39. The molecule has 2 nitrogen and oxygen atoms in total. The van der Waals surface area contributed by atoms with Crippen LogP contribution in [0.2, 0.25) is 0 Å². The predicted molar refractivity (Wildman–Crippen MR) is 152 cm³/mol. The van der Waals surface area contributed by atoms with Gasteiger partial charge in [-0.15, -0.1) is 0 Å². The van der Waals surface area contributed by atoms with Crippen molar-refractivity contribution in [3.8, 4) is 11.8 Å². The number of benzene rings is 4. The number of hydrogen-bond acceptors (Lipinski definition) is 2. The summed E-state index contributed by atoms with van der Waals surface area (Å²) in [5.41, 5.74) is 5.42. The summed E-state index contributed by atoms with van der Waals surface area (Å²) in [7, 11) is 0. The molecule has 182 valence electrons. The van der Waals surface area contributed by atoms with Crippen LogP contribution in [0.3, 0.4) is 0 Å². The molecule has 0 radical (unpaired) electrons. The molecule has 0 atom stereocenters. The maximum absolute atomic E-state index is 3.49. The Hall–Kier alpha value is -3.64. The molecule has 0 spiro atoms. The van der Waals surface area contributed by atoms with Gasteiger partial charge in [0.1, 0.15) is 0 Å². The van der Waals surface area contributed by atoms with Gasteiger partial charge in [0.05, 0.1) is 13.1 Å². The van der Waals surface area contributed by atoms with E-state index in [1.54, 1.807) is 0 Å². The van der Waals surface area contributed by atoms with E-state index in [4.69, 9.17) is 0 Å². The molecule has 4 rings (SSSR count). The highest BCUT2D eigenvalue weighted by atomic mass is 15.1. The number of rotatable bonds is 12. The van der Waals surface area contributed by atoms with E-state index in [1.807, 2.05) is 0 Å². The van der Waals surface area contributed by atoms with Gasteiger partial charge in [-0.25, -0.2) is 0 Å². The Morgan fingerprint density at radius 3 is 1.03 bits per heavy atom. The minimum Gasteiger partial charge on any atom is -0.288 e. The molecule has 0 amide bonds. The highest BCUT2D eigenvalue weighted by Gasteiger charge is 2.07. The molecule has 0 aliphatic carbocycles. The van der Waals surface area contributed by atoms with Gasteiger partial charge in [0.25, 0.3) is 0 Å². The molecule has 0 fully saturated rings. The summed E-state index contributed by atoms with van der Waals surface area (Å²) < 4.78 is 0. The van der Waals surface area contributed by atoms with Crippen molar-refractivity contribution in [2.24, 2.45) is 0 Å². The van der Waals surface area contributed by atoms with Gasteiger partial charge in [-0.1, -0.05) is 133 Å². The number of hydrogen-bond donors (Lipinski definition) is 0. The Morgan fingerprint density at radius 1 is 0.389 bits per heavy atom. The van der Waals surface area contributed by atoms with Gasteiger partial charge in [-0.3, -0.25) is 9.80 Å². The van der Waals surface area contributed by atoms with Crippen LogP contribution in [0.25, 0.3) is 0 Å². The molecule has 0 N–H and O–H groups in total. The second kappa shape index (κ2) is 14.7. The lowest BCUT2D eigenvalue weighted by molar-refractivity contribution is 0.298. The lowest BCUT2D eigenvalue weighted by Crippen LogP contribution is -2.27. The Morgan fingerprint density at radius 2 is 0.694 bits per heavy atom. The second-order valence-electron chi connectivity index (χ2n) is 9.22. The minimum atomic E-state index is 0.777. The van der Waals surface area contributed by atoms with Crippen LogP contribution in [-0.2, 0) is 25.9 Å². The standard InChI is InChI=1S/C34H36N2/c1-5-15-31(16-6-1)23-27-35(29-33-19-9-3-10-20-33)25-13-14-26-36(30-34-21-11-4-12-22-34)28-24-32-17-7-2-8-18-32/h1-12,15-22H,23-30H2. The molecule has 0 aromatic heterocycles. The first-order valence-corrected chi connectivity index (χ1v) is 12.9. The first-order chi connectivity index (χ1) is 17.8. The maximum atomic E-state index is 3.49. The maximum Gasteiger partial charge on any atom is 0.0605 e. The van der Waals surface area contributed by atoms with Gasteiger partial charge in [-0.2, -0.15) is 0 Å². The van der Waals surface area contributed by atoms with E-state index < -0.39 is 0 Å². The fourth-order valence-corrected chi connectivity index (χ4v) is 4.31. The van der Waals surface area contributed by atoms with Crippen LogP contribution in [0.4, 0.5) is 0 Å². The molecule has 2 heteroatoms. The molecule has 4 aromatic carbocycles. The van der Waals surface area contributed by atoms with E-state index in [-0.39, 0.29) is 0 Å². The van der Waals surface area contributed by atoms with Gasteiger partial charge in [0, 0.05) is 26.2 Å². The fourth-order valence-electron chi connectivity index (χ4n) is 4.31. The molecule has 0 saturated carbocycles. The SMILES string of the molecule is C(#CCN(CCc1ccccc1)Cc1ccccc1)CN(CCc1ccccc1)Cc1ccccc1. The van der Waals surface area contributed by atoms with Crippen LogP contribution in [0, 0.1) is 11.8 Å². The summed E-state index contributed by atoms with van der Waals surface area (Å²) in [5, 5.41) is 0. The lowest BCUT2D eigenvalue weighted by atomic mass is 10.1. The third-order valence-electron chi connectivity index (χ3n) is 6.35. The van der Waals surface area contributed by atoms with E-state index in [9.17, 15) is 0 Å². The van der Waals surface area contributed by atoms with Crippen LogP contribution in [-0.4, -0.2) is 36.0 Å². The van der Waals surface area contributed by atoms with Crippen molar-refractivity contribution < 1.29 is 0 Å².